The summed E-state index contributed by atoms with van der Waals surface area (Å²) in [7, 11) is -1.92. The molecular weight excluding hydrogens is 395 g/mol. The average molecular weight is 421 g/mol. The molecule has 1 fully saturated rings. The molecule has 0 amide bonds. The molecule has 0 bridgehead atoms. The number of ketones is 1. The standard InChI is InChI=1S/C20H25FN4O3S/c1-22-10-7-19-20(22)18(26)15-25(29(19,27)28)9-2-8-23-11-13-24(14-12-23)17-5-3-16(21)4-6-17/h3-7,10H,2,8-9,11-15H2,1H3. The number of Topliss-reactive ketones (excluding diaryl/α,β-unsaturated/α-hetero) is 1. The highest BCUT2D eigenvalue weighted by molar-refractivity contribution is 7.89. The molecule has 29 heavy (non-hydrogen) atoms. The van der Waals surface area contributed by atoms with Crippen LogP contribution < -0.4 is 4.90 Å². The molecule has 0 N–H and O–H groups in total. The van der Waals surface area contributed by atoms with Gasteiger partial charge >= 0.3 is 0 Å². The third-order valence-electron chi connectivity index (χ3n) is 5.68. The van der Waals surface area contributed by atoms with Crippen LogP contribution in [0.2, 0.25) is 0 Å². The van der Waals surface area contributed by atoms with E-state index in [2.05, 4.69) is 9.80 Å². The van der Waals surface area contributed by atoms with Gasteiger partial charge < -0.3 is 9.47 Å². The van der Waals surface area contributed by atoms with Crippen molar-refractivity contribution < 1.29 is 17.6 Å². The lowest BCUT2D eigenvalue weighted by Gasteiger charge is -2.36. The van der Waals surface area contributed by atoms with Crippen molar-refractivity contribution in [2.75, 3.05) is 50.7 Å². The first kappa shape index (κ1) is 20.1. The van der Waals surface area contributed by atoms with Gasteiger partial charge in [0.05, 0.1) is 6.54 Å². The van der Waals surface area contributed by atoms with E-state index < -0.39 is 10.0 Å². The number of halogens is 1. The number of piperazine rings is 1. The van der Waals surface area contributed by atoms with Gasteiger partial charge in [-0.05, 0) is 43.3 Å². The zero-order valence-electron chi connectivity index (χ0n) is 16.4. The number of nitrogens with zero attached hydrogens (tertiary/aromatic N) is 4. The number of aromatic nitrogens is 1. The maximum Gasteiger partial charge on any atom is 0.245 e. The number of fused-ring (bicyclic) bond motifs is 1. The number of carbonyl (C=O) groups is 1. The fraction of sp³-hybridized carbons (Fsp3) is 0.450. The molecule has 156 valence electrons. The third kappa shape index (κ3) is 3.94. The van der Waals surface area contributed by atoms with Crippen LogP contribution in [0.1, 0.15) is 16.9 Å². The highest BCUT2D eigenvalue weighted by atomic mass is 32.2. The summed E-state index contributed by atoms with van der Waals surface area (Å²) < 4.78 is 41.5. The van der Waals surface area contributed by atoms with Crippen LogP contribution in [0.3, 0.4) is 0 Å². The Morgan fingerprint density at radius 3 is 2.38 bits per heavy atom. The van der Waals surface area contributed by atoms with Crippen molar-refractivity contribution in [1.82, 2.24) is 13.8 Å². The Morgan fingerprint density at radius 1 is 1.00 bits per heavy atom. The second-order valence-corrected chi connectivity index (χ2v) is 9.47. The van der Waals surface area contributed by atoms with Crippen molar-refractivity contribution in [2.45, 2.75) is 11.3 Å². The van der Waals surface area contributed by atoms with Crippen molar-refractivity contribution in [3.05, 3.63) is 48.0 Å². The van der Waals surface area contributed by atoms with Crippen LogP contribution >= 0.6 is 0 Å². The minimum absolute atomic E-state index is 0.0917. The van der Waals surface area contributed by atoms with Gasteiger partial charge in [0.25, 0.3) is 0 Å². The lowest BCUT2D eigenvalue weighted by atomic mass is 10.2. The lowest BCUT2D eigenvalue weighted by molar-refractivity contribution is 0.0945. The van der Waals surface area contributed by atoms with Gasteiger partial charge in [-0.2, -0.15) is 4.31 Å². The Morgan fingerprint density at radius 2 is 1.69 bits per heavy atom. The first-order chi connectivity index (χ1) is 13.9. The third-order valence-corrected chi connectivity index (χ3v) is 7.56. The normalized spacial score (nSPS) is 20.1. The summed E-state index contributed by atoms with van der Waals surface area (Å²) in [6.45, 7) is 4.45. The molecule has 0 saturated carbocycles. The van der Waals surface area contributed by atoms with Crippen molar-refractivity contribution in [1.29, 1.82) is 0 Å². The highest BCUT2D eigenvalue weighted by Crippen LogP contribution is 2.27. The van der Waals surface area contributed by atoms with Gasteiger partial charge in [-0.3, -0.25) is 9.69 Å². The van der Waals surface area contributed by atoms with E-state index in [9.17, 15) is 17.6 Å². The van der Waals surface area contributed by atoms with E-state index in [1.165, 1.54) is 22.5 Å². The molecule has 4 rings (SSSR count). The lowest BCUT2D eigenvalue weighted by Crippen LogP contribution is -2.47. The molecule has 0 spiro atoms. The minimum Gasteiger partial charge on any atom is -0.369 e. The van der Waals surface area contributed by atoms with E-state index >= 15 is 0 Å². The van der Waals surface area contributed by atoms with E-state index in [0.717, 1.165) is 38.4 Å². The number of hydrogen-bond acceptors (Lipinski definition) is 5. The van der Waals surface area contributed by atoms with Crippen LogP contribution in [-0.2, 0) is 17.1 Å². The monoisotopic (exact) mass is 420 g/mol. The number of anilines is 1. The SMILES string of the molecule is Cn1ccc2c1C(=O)CN(CCCN1CCN(c3ccc(F)cc3)CC1)S2(=O)=O. The molecule has 1 aromatic carbocycles. The van der Waals surface area contributed by atoms with E-state index in [-0.39, 0.29) is 28.7 Å². The van der Waals surface area contributed by atoms with Crippen molar-refractivity contribution in [2.24, 2.45) is 7.05 Å². The first-order valence-corrected chi connectivity index (χ1v) is 11.2. The maximum atomic E-state index is 13.1. The molecule has 0 unspecified atom stereocenters. The Balaban J connectivity index is 1.29. The summed E-state index contributed by atoms with van der Waals surface area (Å²) in [6, 6.07) is 8.03. The summed E-state index contributed by atoms with van der Waals surface area (Å²) >= 11 is 0. The number of sulfonamides is 1. The molecule has 2 aliphatic rings. The molecule has 2 aromatic rings. The molecule has 0 radical (unpaired) electrons. The van der Waals surface area contributed by atoms with Gasteiger partial charge in [0.2, 0.25) is 10.0 Å². The molecule has 0 atom stereocenters. The van der Waals surface area contributed by atoms with Crippen LogP contribution in [0.25, 0.3) is 0 Å². The van der Waals surface area contributed by atoms with E-state index in [0.29, 0.717) is 13.0 Å². The van der Waals surface area contributed by atoms with Gasteiger partial charge in [-0.25, -0.2) is 12.8 Å². The predicted octanol–water partition coefficient (Wildman–Crippen LogP) is 1.56. The van der Waals surface area contributed by atoms with Crippen LogP contribution in [0.4, 0.5) is 10.1 Å². The fourth-order valence-corrected chi connectivity index (χ4v) is 5.73. The molecular formula is C20H25FN4O3S. The van der Waals surface area contributed by atoms with Gasteiger partial charge in [0.15, 0.2) is 5.78 Å². The van der Waals surface area contributed by atoms with Gasteiger partial charge in [0, 0.05) is 51.7 Å². The molecule has 2 aliphatic heterocycles. The molecule has 0 aliphatic carbocycles. The summed E-state index contributed by atoms with van der Waals surface area (Å²) in [5, 5.41) is 0. The number of hydrogen-bond donors (Lipinski definition) is 0. The van der Waals surface area contributed by atoms with Crippen LogP contribution in [0, 0.1) is 5.82 Å². The number of rotatable bonds is 5. The maximum absolute atomic E-state index is 13.1. The van der Waals surface area contributed by atoms with Crippen LogP contribution in [-0.4, -0.2) is 73.8 Å². The Labute approximate surface area is 170 Å². The molecule has 3 heterocycles. The summed E-state index contributed by atoms with van der Waals surface area (Å²) in [6.07, 6.45) is 2.29. The Bertz CT molecular complexity index is 995. The number of benzene rings is 1. The van der Waals surface area contributed by atoms with Crippen LogP contribution in [0.5, 0.6) is 0 Å². The van der Waals surface area contributed by atoms with Crippen molar-refractivity contribution in [3.8, 4) is 0 Å². The summed E-state index contributed by atoms with van der Waals surface area (Å²) in [5.41, 5.74) is 1.29. The van der Waals surface area contributed by atoms with E-state index in [4.69, 9.17) is 0 Å². The van der Waals surface area contributed by atoms with Gasteiger partial charge in [-0.1, -0.05) is 0 Å². The van der Waals surface area contributed by atoms with E-state index in [1.807, 2.05) is 0 Å². The predicted molar refractivity (Wildman–Crippen MR) is 108 cm³/mol. The quantitative estimate of drug-likeness (QED) is 0.735. The topological polar surface area (TPSA) is 65.9 Å². The summed E-state index contributed by atoms with van der Waals surface area (Å²) in [5.74, 6) is -0.392. The largest absolute Gasteiger partial charge is 0.369 e. The fourth-order valence-electron chi connectivity index (χ4n) is 4.06. The molecule has 1 aromatic heterocycles. The summed E-state index contributed by atoms with van der Waals surface area (Å²) in [4.78, 5) is 17.0. The number of aryl methyl sites for hydroxylation is 1. The molecule has 1 saturated heterocycles. The smallest absolute Gasteiger partial charge is 0.245 e. The first-order valence-electron chi connectivity index (χ1n) is 9.78. The number of carbonyl (C=O) groups excluding carboxylic acids is 1. The van der Waals surface area contributed by atoms with Crippen molar-refractivity contribution in [3.63, 3.8) is 0 Å². The average Bonchev–Trinajstić information content (AvgIpc) is 3.10. The molecule has 9 heteroatoms. The second kappa shape index (κ2) is 7.89. The Hall–Kier alpha value is -2.23. The zero-order valence-corrected chi connectivity index (χ0v) is 17.2. The van der Waals surface area contributed by atoms with Crippen LogP contribution in [0.15, 0.2) is 41.4 Å². The Kier molecular flexibility index (Phi) is 5.46. The van der Waals surface area contributed by atoms with Gasteiger partial charge in [0.1, 0.15) is 16.4 Å². The zero-order chi connectivity index (χ0) is 20.6. The minimum atomic E-state index is -3.61. The molecule has 7 nitrogen and oxygen atoms in total. The van der Waals surface area contributed by atoms with E-state index in [1.54, 1.807) is 29.9 Å². The highest BCUT2D eigenvalue weighted by Gasteiger charge is 2.37. The second-order valence-electron chi connectivity index (χ2n) is 7.56. The van der Waals surface area contributed by atoms with Crippen molar-refractivity contribution >= 4 is 21.5 Å². The van der Waals surface area contributed by atoms with Gasteiger partial charge in [-0.15, -0.1) is 0 Å².